The van der Waals surface area contributed by atoms with Gasteiger partial charge < -0.3 is 0 Å². The van der Waals surface area contributed by atoms with Crippen LogP contribution in [0.15, 0.2) is 67.0 Å². The molecule has 0 amide bonds. The van der Waals surface area contributed by atoms with Gasteiger partial charge in [0.1, 0.15) is 0 Å². The van der Waals surface area contributed by atoms with Gasteiger partial charge >= 0.3 is 5.92 Å². The minimum atomic E-state index is -3.39. The molecule has 142 valence electrons. The molecule has 0 saturated heterocycles. The molecule has 0 N–H and O–H groups in total. The number of hydrogen-bond donors (Lipinski definition) is 0. The van der Waals surface area contributed by atoms with Crippen molar-refractivity contribution in [2.75, 3.05) is 0 Å². The van der Waals surface area contributed by atoms with E-state index in [1.54, 1.807) is 48.8 Å². The van der Waals surface area contributed by atoms with Crippen LogP contribution in [0.2, 0.25) is 0 Å². The van der Waals surface area contributed by atoms with Crippen LogP contribution < -0.4 is 0 Å². The minimum Gasteiger partial charge on any atom is -0.262 e. The number of hydrogen-bond acceptors (Lipinski definition) is 5. The molecule has 29 heavy (non-hydrogen) atoms. The molecule has 5 rings (SSSR count). The monoisotopic (exact) mass is 388 g/mol. The van der Waals surface area contributed by atoms with Crippen LogP contribution in [-0.4, -0.2) is 29.8 Å². The van der Waals surface area contributed by atoms with Crippen LogP contribution in [0.25, 0.3) is 27.8 Å². The topological polar surface area (TPSA) is 68.9 Å². The number of aromatic nitrogens is 6. The van der Waals surface area contributed by atoms with Gasteiger partial charge in [-0.05, 0) is 49.4 Å². The lowest BCUT2D eigenvalue weighted by atomic mass is 10.0. The second-order valence-corrected chi connectivity index (χ2v) is 6.68. The quantitative estimate of drug-likeness (QED) is 0.464. The Bertz CT molecular complexity index is 1360. The SMILES string of the molecule is Cc1cc(-c2ccc3nnc(C(F)(F)c4ccc5ncccc5c4)n3n2)ccn1. The lowest BCUT2D eigenvalue weighted by molar-refractivity contribution is 0.0307. The maximum absolute atomic E-state index is 15.4. The number of alkyl halides is 2. The molecule has 0 bridgehead atoms. The number of fused-ring (bicyclic) bond motifs is 2. The Kier molecular flexibility index (Phi) is 3.80. The van der Waals surface area contributed by atoms with Gasteiger partial charge in [-0.2, -0.15) is 18.4 Å². The summed E-state index contributed by atoms with van der Waals surface area (Å²) in [7, 11) is 0. The van der Waals surface area contributed by atoms with Gasteiger partial charge in [-0.25, -0.2) is 0 Å². The van der Waals surface area contributed by atoms with Crippen molar-refractivity contribution in [2.45, 2.75) is 12.8 Å². The highest BCUT2D eigenvalue weighted by atomic mass is 19.3. The Morgan fingerprint density at radius 3 is 2.66 bits per heavy atom. The molecule has 0 aliphatic heterocycles. The largest absolute Gasteiger partial charge is 0.333 e. The van der Waals surface area contributed by atoms with Crippen molar-refractivity contribution < 1.29 is 8.78 Å². The first-order valence-corrected chi connectivity index (χ1v) is 8.91. The molecule has 0 spiro atoms. The summed E-state index contributed by atoms with van der Waals surface area (Å²) >= 11 is 0. The third-order valence-electron chi connectivity index (χ3n) is 4.70. The molecule has 6 nitrogen and oxygen atoms in total. The highest BCUT2D eigenvalue weighted by Crippen LogP contribution is 2.35. The number of benzene rings is 1. The van der Waals surface area contributed by atoms with Crippen molar-refractivity contribution in [3.05, 3.63) is 84.1 Å². The van der Waals surface area contributed by atoms with Gasteiger partial charge in [0.2, 0.25) is 5.82 Å². The molecular formula is C21H14F2N6. The number of pyridine rings is 2. The van der Waals surface area contributed by atoms with Gasteiger partial charge in [-0.15, -0.1) is 10.2 Å². The van der Waals surface area contributed by atoms with Gasteiger partial charge in [-0.1, -0.05) is 12.1 Å². The average Bonchev–Trinajstić information content (AvgIpc) is 3.17. The molecule has 4 aromatic heterocycles. The Morgan fingerprint density at radius 2 is 1.79 bits per heavy atom. The van der Waals surface area contributed by atoms with Gasteiger partial charge in [0.15, 0.2) is 5.65 Å². The summed E-state index contributed by atoms with van der Waals surface area (Å²) in [6.07, 6.45) is 3.28. The fraction of sp³-hybridized carbons (Fsp3) is 0.0952. The van der Waals surface area contributed by atoms with Gasteiger partial charge in [0.05, 0.1) is 11.2 Å². The molecule has 4 heterocycles. The number of nitrogens with zero attached hydrogens (tertiary/aromatic N) is 6. The summed E-state index contributed by atoms with van der Waals surface area (Å²) in [6, 6.07) is 14.8. The summed E-state index contributed by atoms with van der Waals surface area (Å²) < 4.78 is 31.9. The van der Waals surface area contributed by atoms with Crippen molar-refractivity contribution in [3.8, 4) is 11.3 Å². The Hall–Kier alpha value is -3.81. The normalized spacial score (nSPS) is 12.0. The van der Waals surface area contributed by atoms with Crippen LogP contribution >= 0.6 is 0 Å². The third kappa shape index (κ3) is 2.89. The van der Waals surface area contributed by atoms with Crippen molar-refractivity contribution in [1.82, 2.24) is 29.8 Å². The molecular weight excluding hydrogens is 374 g/mol. The lowest BCUT2D eigenvalue weighted by Gasteiger charge is -2.15. The summed E-state index contributed by atoms with van der Waals surface area (Å²) in [5.74, 6) is -3.92. The highest BCUT2D eigenvalue weighted by molar-refractivity contribution is 5.79. The molecule has 0 aliphatic rings. The van der Waals surface area contributed by atoms with Gasteiger partial charge in [0.25, 0.3) is 0 Å². The molecule has 0 fully saturated rings. The summed E-state index contributed by atoms with van der Waals surface area (Å²) in [5, 5.41) is 12.6. The molecule has 5 aromatic rings. The standard InChI is InChI=1S/C21H14F2N6/c1-13-11-15(8-10-24-13)18-6-7-19-26-27-20(29(19)28-18)21(22,23)16-4-5-17-14(12-16)3-2-9-25-17/h2-12H,1H3. The van der Waals surface area contributed by atoms with E-state index in [0.717, 1.165) is 15.8 Å². The van der Waals surface area contributed by atoms with E-state index in [4.69, 9.17) is 0 Å². The first-order valence-electron chi connectivity index (χ1n) is 8.91. The van der Waals surface area contributed by atoms with Crippen LogP contribution in [0.1, 0.15) is 17.1 Å². The Morgan fingerprint density at radius 1 is 0.897 bits per heavy atom. The van der Waals surface area contributed by atoms with E-state index in [1.807, 2.05) is 13.0 Å². The van der Waals surface area contributed by atoms with E-state index in [9.17, 15) is 0 Å². The Balaban J connectivity index is 1.65. The van der Waals surface area contributed by atoms with Crippen molar-refractivity contribution in [1.29, 1.82) is 0 Å². The van der Waals surface area contributed by atoms with Gasteiger partial charge in [-0.3, -0.25) is 9.97 Å². The molecule has 1 aromatic carbocycles. The number of rotatable bonds is 3. The van der Waals surface area contributed by atoms with Crippen LogP contribution in [0.4, 0.5) is 8.78 Å². The summed E-state index contributed by atoms with van der Waals surface area (Å²) in [4.78, 5) is 8.33. The second-order valence-electron chi connectivity index (χ2n) is 6.68. The van der Waals surface area contributed by atoms with Crippen LogP contribution in [-0.2, 0) is 5.92 Å². The predicted octanol–water partition coefficient (Wildman–Crippen LogP) is 4.18. The maximum atomic E-state index is 15.4. The molecule has 8 heteroatoms. The molecule has 0 unspecified atom stereocenters. The molecule has 0 atom stereocenters. The van der Waals surface area contributed by atoms with Crippen LogP contribution in [0.3, 0.4) is 0 Å². The molecule has 0 radical (unpaired) electrons. The van der Waals surface area contributed by atoms with Crippen molar-refractivity contribution in [3.63, 3.8) is 0 Å². The van der Waals surface area contributed by atoms with Gasteiger partial charge in [0, 0.05) is 34.6 Å². The summed E-state index contributed by atoms with van der Waals surface area (Å²) in [6.45, 7) is 1.86. The maximum Gasteiger partial charge on any atom is 0.333 e. The van der Waals surface area contributed by atoms with E-state index < -0.39 is 11.7 Å². The molecule has 0 aliphatic carbocycles. The second kappa shape index (κ2) is 6.37. The van der Waals surface area contributed by atoms with E-state index in [0.29, 0.717) is 16.6 Å². The zero-order valence-corrected chi connectivity index (χ0v) is 15.3. The zero-order valence-electron chi connectivity index (χ0n) is 15.3. The fourth-order valence-electron chi connectivity index (χ4n) is 3.24. The van der Waals surface area contributed by atoms with Crippen molar-refractivity contribution >= 4 is 16.6 Å². The molecule has 0 saturated carbocycles. The first-order chi connectivity index (χ1) is 14.0. The number of aryl methyl sites for hydroxylation is 1. The van der Waals surface area contributed by atoms with E-state index >= 15 is 8.78 Å². The van der Waals surface area contributed by atoms with Crippen LogP contribution in [0.5, 0.6) is 0 Å². The first kappa shape index (κ1) is 17.3. The third-order valence-corrected chi connectivity index (χ3v) is 4.70. The van der Waals surface area contributed by atoms with Crippen LogP contribution in [0, 0.1) is 6.92 Å². The minimum absolute atomic E-state index is 0.195. The predicted molar refractivity (Wildman–Crippen MR) is 103 cm³/mol. The fourth-order valence-corrected chi connectivity index (χ4v) is 3.24. The highest BCUT2D eigenvalue weighted by Gasteiger charge is 2.40. The Labute approximate surface area is 163 Å². The van der Waals surface area contributed by atoms with E-state index in [1.165, 1.54) is 12.1 Å². The smallest absolute Gasteiger partial charge is 0.262 e. The average molecular weight is 388 g/mol. The zero-order chi connectivity index (χ0) is 20.0. The number of halogens is 2. The lowest BCUT2D eigenvalue weighted by Crippen LogP contribution is -2.20. The van der Waals surface area contributed by atoms with E-state index in [-0.39, 0.29) is 11.2 Å². The van der Waals surface area contributed by atoms with Crippen molar-refractivity contribution in [2.24, 2.45) is 0 Å². The summed E-state index contributed by atoms with van der Waals surface area (Å²) in [5.41, 5.74) is 2.81. The van der Waals surface area contributed by atoms with E-state index in [2.05, 4.69) is 25.3 Å².